The average molecular weight is 381 g/mol. The highest BCUT2D eigenvalue weighted by Gasteiger charge is 2.34. The summed E-state index contributed by atoms with van der Waals surface area (Å²) in [7, 11) is 0. The fourth-order valence-electron chi connectivity index (χ4n) is 2.14. The lowest BCUT2D eigenvalue weighted by molar-refractivity contribution is -0.132. The summed E-state index contributed by atoms with van der Waals surface area (Å²) in [6.45, 7) is 2.02. The Balaban J connectivity index is 2.87. The first-order chi connectivity index (χ1) is 12.8. The number of nitrogens with one attached hydrogen (secondary N) is 3. The van der Waals surface area contributed by atoms with Crippen LogP contribution in [0.15, 0.2) is 30.3 Å². The number of carbonyl (C=O) groups excluding carboxylic acids is 3. The molecular formula is C17H23N3O7. The van der Waals surface area contributed by atoms with E-state index in [1.807, 2.05) is 0 Å². The average Bonchev–Trinajstić information content (AvgIpc) is 2.59. The Morgan fingerprint density at radius 3 is 2.22 bits per heavy atom. The van der Waals surface area contributed by atoms with E-state index in [9.17, 15) is 19.2 Å². The molecule has 1 aromatic carbocycles. The van der Waals surface area contributed by atoms with Crippen LogP contribution in [-0.4, -0.2) is 48.0 Å². The van der Waals surface area contributed by atoms with Crippen LogP contribution < -0.4 is 20.7 Å². The highest BCUT2D eigenvalue weighted by Crippen LogP contribution is 2.09. The lowest BCUT2D eigenvalue weighted by Crippen LogP contribution is -2.70. The Kier molecular flexibility index (Phi) is 8.57. The fourth-order valence-corrected chi connectivity index (χ4v) is 2.14. The largest absolute Gasteiger partial charge is 0.505 e. The van der Waals surface area contributed by atoms with Gasteiger partial charge in [0.25, 0.3) is 5.91 Å². The Hall–Kier alpha value is -3.30. The minimum Gasteiger partial charge on any atom is -0.484 e. The maximum atomic E-state index is 12.3. The third-order valence-electron chi connectivity index (χ3n) is 3.23. The van der Waals surface area contributed by atoms with Crippen LogP contribution >= 0.6 is 0 Å². The highest BCUT2D eigenvalue weighted by molar-refractivity contribution is 5.83. The van der Waals surface area contributed by atoms with Gasteiger partial charge in [0.2, 0.25) is 11.8 Å². The zero-order chi connectivity index (χ0) is 20.3. The van der Waals surface area contributed by atoms with Crippen molar-refractivity contribution in [2.24, 2.45) is 0 Å². The van der Waals surface area contributed by atoms with Gasteiger partial charge in [0.05, 0.1) is 0 Å². The Morgan fingerprint density at radius 2 is 1.67 bits per heavy atom. The molecule has 1 atom stereocenters. The van der Waals surface area contributed by atoms with Crippen molar-refractivity contribution in [1.82, 2.24) is 16.0 Å². The molecule has 0 aliphatic rings. The van der Waals surface area contributed by atoms with E-state index >= 15 is 0 Å². The maximum Gasteiger partial charge on any atom is 0.505 e. The van der Waals surface area contributed by atoms with Gasteiger partial charge in [-0.15, -0.1) is 0 Å². The van der Waals surface area contributed by atoms with E-state index in [2.05, 4.69) is 20.7 Å². The number of hydrogen-bond acceptors (Lipinski definition) is 6. The van der Waals surface area contributed by atoms with Crippen molar-refractivity contribution >= 4 is 23.9 Å². The summed E-state index contributed by atoms with van der Waals surface area (Å²) in [5.41, 5.74) is 0. The first-order valence-electron chi connectivity index (χ1n) is 8.20. The molecule has 0 fully saturated rings. The van der Waals surface area contributed by atoms with Gasteiger partial charge in [0.1, 0.15) is 12.4 Å². The van der Waals surface area contributed by atoms with E-state index in [1.54, 1.807) is 37.3 Å². The number of benzene rings is 1. The van der Waals surface area contributed by atoms with Gasteiger partial charge in [-0.2, -0.15) is 0 Å². The third-order valence-corrected chi connectivity index (χ3v) is 3.23. The molecule has 0 radical (unpaired) electrons. The Morgan fingerprint density at radius 1 is 1.04 bits per heavy atom. The third kappa shape index (κ3) is 8.56. The number of ether oxygens (including phenoxy) is 2. The predicted octanol–water partition coefficient (Wildman–Crippen LogP) is 0.582. The molecule has 0 saturated heterocycles. The molecule has 10 nitrogen and oxygen atoms in total. The number of para-hydroxylation sites is 1. The van der Waals surface area contributed by atoms with Crippen LogP contribution in [0.2, 0.25) is 0 Å². The van der Waals surface area contributed by atoms with Gasteiger partial charge >= 0.3 is 6.16 Å². The number of amides is 3. The summed E-state index contributed by atoms with van der Waals surface area (Å²) in [4.78, 5) is 46.3. The van der Waals surface area contributed by atoms with Crippen molar-refractivity contribution in [3.05, 3.63) is 30.3 Å². The lowest BCUT2D eigenvalue weighted by atomic mass is 10.2. The molecule has 3 amide bonds. The monoisotopic (exact) mass is 381 g/mol. The zero-order valence-electron chi connectivity index (χ0n) is 15.1. The van der Waals surface area contributed by atoms with Crippen LogP contribution in [0.1, 0.15) is 26.7 Å². The fraction of sp³-hybridized carbons (Fsp3) is 0.412. The van der Waals surface area contributed by atoms with E-state index < -0.39 is 29.7 Å². The van der Waals surface area contributed by atoms with Crippen LogP contribution in [0.3, 0.4) is 0 Å². The van der Waals surface area contributed by atoms with Crippen molar-refractivity contribution in [3.8, 4) is 5.75 Å². The summed E-state index contributed by atoms with van der Waals surface area (Å²) in [5.74, 6) is -2.91. The van der Waals surface area contributed by atoms with Crippen molar-refractivity contribution in [3.63, 3.8) is 0 Å². The van der Waals surface area contributed by atoms with Crippen molar-refractivity contribution in [2.75, 3.05) is 13.2 Å². The predicted molar refractivity (Wildman–Crippen MR) is 93.7 cm³/mol. The van der Waals surface area contributed by atoms with Crippen LogP contribution in [0.4, 0.5) is 4.79 Å². The minimum atomic E-state index is -1.72. The molecule has 1 rings (SSSR count). The molecule has 27 heavy (non-hydrogen) atoms. The maximum absolute atomic E-state index is 12.3. The number of hydrogen-bond donors (Lipinski definition) is 4. The second-order valence-corrected chi connectivity index (χ2v) is 5.50. The van der Waals surface area contributed by atoms with E-state index in [1.165, 1.54) is 6.92 Å². The SMILES string of the molecule is CCC(=O)NC(CCOC(=O)O)(NC(C)=O)NC(=O)COc1ccccc1. The highest BCUT2D eigenvalue weighted by atomic mass is 16.7. The van der Waals surface area contributed by atoms with Gasteiger partial charge in [-0.3, -0.25) is 14.4 Å². The summed E-state index contributed by atoms with van der Waals surface area (Å²) in [5, 5.41) is 16.0. The number of carbonyl (C=O) groups is 4. The molecule has 0 aliphatic carbocycles. The van der Waals surface area contributed by atoms with Gasteiger partial charge in [-0.05, 0) is 12.1 Å². The number of rotatable bonds is 10. The van der Waals surface area contributed by atoms with E-state index in [0.29, 0.717) is 5.75 Å². The van der Waals surface area contributed by atoms with Crippen molar-refractivity contribution in [1.29, 1.82) is 0 Å². The lowest BCUT2D eigenvalue weighted by Gasteiger charge is -2.35. The van der Waals surface area contributed by atoms with Gasteiger partial charge in [0.15, 0.2) is 12.4 Å². The van der Waals surface area contributed by atoms with Gasteiger partial charge < -0.3 is 30.5 Å². The Bertz CT molecular complexity index is 666. The zero-order valence-corrected chi connectivity index (χ0v) is 15.1. The molecule has 0 saturated carbocycles. The molecule has 0 bridgehead atoms. The van der Waals surface area contributed by atoms with E-state index in [0.717, 1.165) is 0 Å². The first-order valence-corrected chi connectivity index (χ1v) is 8.20. The smallest absolute Gasteiger partial charge is 0.484 e. The number of carboxylic acid groups (broad SMARTS) is 1. The van der Waals surface area contributed by atoms with Crippen molar-refractivity contribution in [2.45, 2.75) is 32.5 Å². The quantitative estimate of drug-likeness (QED) is 0.343. The van der Waals surface area contributed by atoms with Crippen LogP contribution in [-0.2, 0) is 19.1 Å². The molecule has 0 aliphatic heterocycles. The second kappa shape index (κ2) is 10.6. The molecule has 0 spiro atoms. The van der Waals surface area contributed by atoms with E-state index in [4.69, 9.17) is 9.84 Å². The first kappa shape index (κ1) is 21.7. The summed E-state index contributed by atoms with van der Waals surface area (Å²) in [6.07, 6.45) is -1.66. The molecule has 148 valence electrons. The second-order valence-electron chi connectivity index (χ2n) is 5.50. The summed E-state index contributed by atoms with van der Waals surface area (Å²) < 4.78 is 9.77. The molecule has 0 heterocycles. The van der Waals surface area contributed by atoms with Gasteiger partial charge in [-0.25, -0.2) is 4.79 Å². The minimum absolute atomic E-state index is 0.0809. The molecule has 4 N–H and O–H groups in total. The van der Waals surface area contributed by atoms with Gasteiger partial charge in [-0.1, -0.05) is 25.1 Å². The van der Waals surface area contributed by atoms with E-state index in [-0.39, 0.29) is 26.1 Å². The summed E-state index contributed by atoms with van der Waals surface area (Å²) >= 11 is 0. The van der Waals surface area contributed by atoms with Gasteiger partial charge in [0, 0.05) is 19.8 Å². The van der Waals surface area contributed by atoms with Crippen molar-refractivity contribution < 1.29 is 33.8 Å². The topological polar surface area (TPSA) is 143 Å². The normalized spacial score (nSPS) is 12.2. The molecule has 1 aromatic rings. The molecule has 10 heteroatoms. The molecule has 1 unspecified atom stereocenters. The summed E-state index contributed by atoms with van der Waals surface area (Å²) in [6, 6.07) is 8.58. The van der Waals surface area contributed by atoms with Crippen LogP contribution in [0, 0.1) is 0 Å². The van der Waals surface area contributed by atoms with Crippen LogP contribution in [0.5, 0.6) is 5.75 Å². The standard InChI is InChI=1S/C17H23N3O7/c1-3-14(22)19-17(18-12(2)21,9-10-26-16(24)25)20-15(23)11-27-13-7-5-4-6-8-13/h4-8H,3,9-11H2,1-2H3,(H,18,21)(H,19,22)(H,20,23)(H,24,25). The molecule has 0 aromatic heterocycles. The Labute approximate surface area is 156 Å². The molecular weight excluding hydrogens is 358 g/mol. The van der Waals surface area contributed by atoms with Crippen LogP contribution in [0.25, 0.3) is 0 Å².